The normalized spacial score (nSPS) is 13.5. The second-order valence-corrected chi connectivity index (χ2v) is 17.5. The fraction of sp³-hybridized carbons (Fsp3) is 0.849. The van der Waals surface area contributed by atoms with Crippen LogP contribution >= 0.6 is 0 Å². The van der Waals surface area contributed by atoms with E-state index in [9.17, 15) is 19.8 Å². The van der Waals surface area contributed by atoms with Crippen LogP contribution in [0.2, 0.25) is 0 Å². The van der Waals surface area contributed by atoms with Crippen LogP contribution in [-0.4, -0.2) is 46.9 Å². The molecule has 0 saturated heterocycles. The Hall–Kier alpha value is -1.92. The highest BCUT2D eigenvalue weighted by Crippen LogP contribution is 2.18. The Kier molecular flexibility index (Phi) is 45.6. The van der Waals surface area contributed by atoms with Crippen molar-refractivity contribution in [3.8, 4) is 0 Å². The SMILES string of the molecule is CC/C=C/C/C=C/CCCCCCCC(CC(=O)NC(CO)C(O)CCCCCCCCCCC)OC(=O)CCCCCCCCCCC/C=C/CCCCCCCC. The molecule has 0 radical (unpaired) electrons. The van der Waals surface area contributed by atoms with Crippen molar-refractivity contribution in [3.05, 3.63) is 36.5 Å². The van der Waals surface area contributed by atoms with E-state index in [0.29, 0.717) is 19.3 Å². The maximum atomic E-state index is 13.2. The van der Waals surface area contributed by atoms with Crippen LogP contribution in [0.4, 0.5) is 0 Å². The summed E-state index contributed by atoms with van der Waals surface area (Å²) in [6.07, 6.45) is 55.0. The van der Waals surface area contributed by atoms with Crippen LogP contribution in [0, 0.1) is 0 Å². The first-order valence-corrected chi connectivity index (χ1v) is 25.7. The summed E-state index contributed by atoms with van der Waals surface area (Å²) in [7, 11) is 0. The van der Waals surface area contributed by atoms with Crippen LogP contribution in [0.5, 0.6) is 0 Å². The largest absolute Gasteiger partial charge is 0.462 e. The maximum absolute atomic E-state index is 13.2. The monoisotopic (exact) mass is 830 g/mol. The van der Waals surface area contributed by atoms with Gasteiger partial charge in [0, 0.05) is 6.42 Å². The molecule has 0 aliphatic carbocycles. The molecule has 0 rings (SSSR count). The van der Waals surface area contributed by atoms with E-state index in [2.05, 4.69) is 62.5 Å². The van der Waals surface area contributed by atoms with E-state index < -0.39 is 18.2 Å². The molecule has 0 saturated carbocycles. The van der Waals surface area contributed by atoms with Gasteiger partial charge in [-0.1, -0.05) is 211 Å². The Bertz CT molecular complexity index is 977. The summed E-state index contributed by atoms with van der Waals surface area (Å²) in [6, 6.07) is -0.702. The summed E-state index contributed by atoms with van der Waals surface area (Å²) in [6.45, 7) is 6.36. The average molecular weight is 830 g/mol. The molecule has 0 bridgehead atoms. The van der Waals surface area contributed by atoms with Gasteiger partial charge in [-0.15, -0.1) is 0 Å². The third-order valence-corrected chi connectivity index (χ3v) is 11.7. The molecule has 0 aromatic heterocycles. The number of hydrogen-bond acceptors (Lipinski definition) is 5. The van der Waals surface area contributed by atoms with E-state index in [1.165, 1.54) is 141 Å². The number of aliphatic hydroxyl groups excluding tert-OH is 2. The zero-order valence-electron chi connectivity index (χ0n) is 39.4. The molecule has 0 fully saturated rings. The molecule has 3 N–H and O–H groups in total. The van der Waals surface area contributed by atoms with Crippen molar-refractivity contribution in [2.45, 2.75) is 283 Å². The number of carbonyl (C=O) groups is 2. The van der Waals surface area contributed by atoms with Crippen molar-refractivity contribution >= 4 is 11.9 Å². The molecule has 59 heavy (non-hydrogen) atoms. The summed E-state index contributed by atoms with van der Waals surface area (Å²) in [5.74, 6) is -0.484. The fourth-order valence-corrected chi connectivity index (χ4v) is 7.82. The second-order valence-electron chi connectivity index (χ2n) is 17.5. The third-order valence-electron chi connectivity index (χ3n) is 11.7. The lowest BCUT2D eigenvalue weighted by atomic mass is 10.0. The quantitative estimate of drug-likeness (QED) is 0.0323. The van der Waals surface area contributed by atoms with Gasteiger partial charge in [0.2, 0.25) is 5.91 Å². The van der Waals surface area contributed by atoms with E-state index >= 15 is 0 Å². The van der Waals surface area contributed by atoms with E-state index in [4.69, 9.17) is 4.74 Å². The van der Waals surface area contributed by atoms with Gasteiger partial charge in [-0.25, -0.2) is 0 Å². The first-order chi connectivity index (χ1) is 29.0. The molecule has 0 spiro atoms. The predicted octanol–water partition coefficient (Wildman–Crippen LogP) is 15.3. The van der Waals surface area contributed by atoms with Gasteiger partial charge in [-0.2, -0.15) is 0 Å². The van der Waals surface area contributed by atoms with E-state index in [0.717, 1.165) is 77.0 Å². The minimum Gasteiger partial charge on any atom is -0.462 e. The number of hydrogen-bond donors (Lipinski definition) is 3. The highest BCUT2D eigenvalue weighted by Gasteiger charge is 2.24. The lowest BCUT2D eigenvalue weighted by Crippen LogP contribution is -2.46. The molecule has 3 atom stereocenters. The van der Waals surface area contributed by atoms with Crippen molar-refractivity contribution in [3.63, 3.8) is 0 Å². The predicted molar refractivity (Wildman–Crippen MR) is 255 cm³/mol. The van der Waals surface area contributed by atoms with E-state index in [1.54, 1.807) is 0 Å². The molecule has 0 aromatic carbocycles. The van der Waals surface area contributed by atoms with Crippen LogP contribution in [0.25, 0.3) is 0 Å². The van der Waals surface area contributed by atoms with Crippen molar-refractivity contribution in [2.24, 2.45) is 0 Å². The van der Waals surface area contributed by atoms with Gasteiger partial charge in [-0.05, 0) is 77.0 Å². The summed E-state index contributed by atoms with van der Waals surface area (Å²) >= 11 is 0. The molecule has 0 heterocycles. The number of esters is 1. The van der Waals surface area contributed by atoms with Crippen molar-refractivity contribution < 1.29 is 24.5 Å². The molecule has 346 valence electrons. The Morgan fingerprint density at radius 2 is 0.915 bits per heavy atom. The summed E-state index contributed by atoms with van der Waals surface area (Å²) in [4.78, 5) is 26.1. The number of nitrogens with one attached hydrogen (secondary N) is 1. The van der Waals surface area contributed by atoms with E-state index in [1.807, 2.05) is 0 Å². The van der Waals surface area contributed by atoms with Gasteiger partial charge in [-0.3, -0.25) is 9.59 Å². The molecule has 6 heteroatoms. The van der Waals surface area contributed by atoms with Crippen molar-refractivity contribution in [2.75, 3.05) is 6.61 Å². The minimum atomic E-state index is -0.788. The zero-order chi connectivity index (χ0) is 43.1. The highest BCUT2D eigenvalue weighted by molar-refractivity contribution is 5.77. The lowest BCUT2D eigenvalue weighted by Gasteiger charge is -2.24. The number of unbranched alkanes of at least 4 members (excludes halogenated alkanes) is 28. The first-order valence-electron chi connectivity index (χ1n) is 25.7. The molecule has 0 aliphatic heterocycles. The first kappa shape index (κ1) is 57.1. The molecular weight excluding hydrogens is 731 g/mol. The van der Waals surface area contributed by atoms with Gasteiger partial charge in [0.15, 0.2) is 0 Å². The molecule has 0 aromatic rings. The molecule has 6 nitrogen and oxygen atoms in total. The summed E-state index contributed by atoms with van der Waals surface area (Å²) in [5.41, 5.74) is 0. The smallest absolute Gasteiger partial charge is 0.306 e. The number of amides is 1. The van der Waals surface area contributed by atoms with Crippen LogP contribution in [0.15, 0.2) is 36.5 Å². The third kappa shape index (κ3) is 42.6. The van der Waals surface area contributed by atoms with Gasteiger partial charge in [0.1, 0.15) is 6.10 Å². The maximum Gasteiger partial charge on any atom is 0.306 e. The number of rotatable bonds is 46. The Morgan fingerprint density at radius 1 is 0.508 bits per heavy atom. The lowest BCUT2D eigenvalue weighted by molar-refractivity contribution is -0.151. The minimum absolute atomic E-state index is 0.0692. The standard InChI is InChI=1S/C53H99NO5/c1-4-7-10-13-16-19-21-23-24-25-26-27-28-29-31-34-37-40-43-46-53(58)59-49(44-41-38-35-33-30-22-20-17-14-11-8-5-2)47-52(57)54-50(48-55)51(56)45-42-39-36-32-18-15-12-9-6-3/h8,11,17,20,23-24,49-51,55-56H,4-7,9-10,12-16,18-19,21-22,25-48H2,1-3H3,(H,54,57)/b11-8+,20-17+,24-23+. The van der Waals surface area contributed by atoms with Gasteiger partial charge in [0.05, 0.1) is 25.2 Å². The highest BCUT2D eigenvalue weighted by atomic mass is 16.5. The van der Waals surface area contributed by atoms with Gasteiger partial charge < -0.3 is 20.3 Å². The van der Waals surface area contributed by atoms with Crippen LogP contribution in [0.3, 0.4) is 0 Å². The van der Waals surface area contributed by atoms with Crippen molar-refractivity contribution in [1.29, 1.82) is 0 Å². The van der Waals surface area contributed by atoms with Crippen LogP contribution < -0.4 is 5.32 Å². The number of aliphatic hydroxyl groups is 2. The average Bonchev–Trinajstić information content (AvgIpc) is 3.23. The number of allylic oxidation sites excluding steroid dienone is 6. The van der Waals surface area contributed by atoms with Crippen LogP contribution in [-0.2, 0) is 14.3 Å². The zero-order valence-corrected chi connectivity index (χ0v) is 39.4. The molecule has 1 amide bonds. The summed E-state index contributed by atoms with van der Waals surface area (Å²) < 4.78 is 5.92. The van der Waals surface area contributed by atoms with Crippen molar-refractivity contribution in [1.82, 2.24) is 5.32 Å². The topological polar surface area (TPSA) is 95.9 Å². The molecule has 0 aliphatic rings. The van der Waals surface area contributed by atoms with Gasteiger partial charge in [0.25, 0.3) is 0 Å². The Labute approximate surface area is 366 Å². The van der Waals surface area contributed by atoms with Crippen LogP contribution in [0.1, 0.15) is 265 Å². The Morgan fingerprint density at radius 3 is 1.39 bits per heavy atom. The summed E-state index contributed by atoms with van der Waals surface area (Å²) in [5, 5.41) is 23.6. The second kappa shape index (κ2) is 47.1. The molecular formula is C53H99NO5. The molecule has 3 unspecified atom stereocenters. The Balaban J connectivity index is 4.48. The number of carbonyl (C=O) groups excluding carboxylic acids is 2. The van der Waals surface area contributed by atoms with Gasteiger partial charge >= 0.3 is 5.97 Å². The fourth-order valence-electron chi connectivity index (χ4n) is 7.82. The van der Waals surface area contributed by atoms with E-state index in [-0.39, 0.29) is 24.9 Å². The number of ether oxygens (including phenoxy) is 1.